The van der Waals surface area contributed by atoms with E-state index < -0.39 is 23.6 Å². The molecule has 0 aromatic heterocycles. The molecule has 0 aliphatic rings. The van der Waals surface area contributed by atoms with Crippen molar-refractivity contribution in [2.45, 2.75) is 13.1 Å². The number of benzene rings is 2. The molecule has 0 spiro atoms. The van der Waals surface area contributed by atoms with Gasteiger partial charge in [-0.15, -0.1) is 0 Å². The Kier molecular flexibility index (Phi) is 5.63. The number of hydrogen-bond donors (Lipinski definition) is 2. The molecule has 0 radical (unpaired) electrons. The molecule has 2 aromatic carbocycles. The molecule has 2 aromatic rings. The number of amides is 2. The Morgan fingerprint density at radius 1 is 1.00 bits per heavy atom. The van der Waals surface area contributed by atoms with Crippen molar-refractivity contribution in [1.82, 2.24) is 10.9 Å². The predicted molar refractivity (Wildman–Crippen MR) is 83.7 cm³/mol. The first-order valence-electron chi connectivity index (χ1n) is 7.22. The van der Waals surface area contributed by atoms with Crippen LogP contribution in [0.2, 0.25) is 0 Å². The first-order chi connectivity index (χ1) is 11.8. The molecule has 0 fully saturated rings. The van der Waals surface area contributed by atoms with E-state index in [1.807, 2.05) is 19.1 Å². The minimum absolute atomic E-state index is 0.0203. The van der Waals surface area contributed by atoms with Crippen molar-refractivity contribution in [3.8, 4) is 5.75 Å². The van der Waals surface area contributed by atoms with Gasteiger partial charge in [0.05, 0.1) is 5.56 Å². The minimum Gasteiger partial charge on any atom is -0.483 e. The number of aryl methyl sites for hydroxylation is 1. The molecular formula is C17H15F3N2O3. The summed E-state index contributed by atoms with van der Waals surface area (Å²) < 4.78 is 42.7. The van der Waals surface area contributed by atoms with Gasteiger partial charge in [-0.1, -0.05) is 18.2 Å². The Labute approximate surface area is 141 Å². The van der Waals surface area contributed by atoms with E-state index in [1.54, 1.807) is 12.1 Å². The molecule has 0 aliphatic heterocycles. The number of para-hydroxylation sites is 1. The average Bonchev–Trinajstić information content (AvgIpc) is 2.58. The van der Waals surface area contributed by atoms with Crippen LogP contribution in [-0.4, -0.2) is 18.4 Å². The van der Waals surface area contributed by atoms with Gasteiger partial charge in [-0.2, -0.15) is 13.2 Å². The van der Waals surface area contributed by atoms with Gasteiger partial charge < -0.3 is 4.74 Å². The van der Waals surface area contributed by atoms with Crippen LogP contribution in [0.1, 0.15) is 21.5 Å². The lowest BCUT2D eigenvalue weighted by atomic mass is 10.1. The van der Waals surface area contributed by atoms with E-state index in [0.29, 0.717) is 5.75 Å². The second kappa shape index (κ2) is 7.69. The van der Waals surface area contributed by atoms with Crippen molar-refractivity contribution in [2.24, 2.45) is 0 Å². The Morgan fingerprint density at radius 2 is 1.64 bits per heavy atom. The molecule has 0 atom stereocenters. The second-order valence-corrected chi connectivity index (χ2v) is 5.13. The van der Waals surface area contributed by atoms with E-state index in [2.05, 4.69) is 10.9 Å². The highest BCUT2D eigenvalue weighted by atomic mass is 19.4. The van der Waals surface area contributed by atoms with E-state index in [9.17, 15) is 22.8 Å². The zero-order chi connectivity index (χ0) is 18.4. The quantitative estimate of drug-likeness (QED) is 0.832. The summed E-state index contributed by atoms with van der Waals surface area (Å²) in [5, 5.41) is 0. The van der Waals surface area contributed by atoms with Crippen LogP contribution < -0.4 is 15.6 Å². The van der Waals surface area contributed by atoms with Crippen LogP contribution >= 0.6 is 0 Å². The van der Waals surface area contributed by atoms with Gasteiger partial charge in [0, 0.05) is 5.56 Å². The average molecular weight is 352 g/mol. The van der Waals surface area contributed by atoms with Gasteiger partial charge in [-0.05, 0) is 42.8 Å². The fourth-order valence-corrected chi connectivity index (χ4v) is 1.91. The van der Waals surface area contributed by atoms with Crippen molar-refractivity contribution in [1.29, 1.82) is 0 Å². The topological polar surface area (TPSA) is 67.4 Å². The number of ether oxygens (including phenoxy) is 1. The fourth-order valence-electron chi connectivity index (χ4n) is 1.91. The van der Waals surface area contributed by atoms with Gasteiger partial charge in [-0.25, -0.2) is 0 Å². The van der Waals surface area contributed by atoms with Crippen LogP contribution in [0.25, 0.3) is 0 Å². The number of nitrogens with one attached hydrogen (secondary N) is 2. The molecular weight excluding hydrogens is 337 g/mol. The summed E-state index contributed by atoms with van der Waals surface area (Å²) in [6.07, 6.45) is -4.48. The van der Waals surface area contributed by atoms with Crippen LogP contribution in [0, 0.1) is 6.92 Å². The predicted octanol–water partition coefficient (Wildman–Crippen LogP) is 2.85. The number of alkyl halides is 3. The molecule has 2 N–H and O–H groups in total. The van der Waals surface area contributed by atoms with E-state index >= 15 is 0 Å². The number of hydrogen-bond acceptors (Lipinski definition) is 3. The van der Waals surface area contributed by atoms with Crippen LogP contribution in [-0.2, 0) is 11.0 Å². The third kappa shape index (κ3) is 5.23. The lowest BCUT2D eigenvalue weighted by Crippen LogP contribution is -2.43. The summed E-state index contributed by atoms with van der Waals surface area (Å²) in [4.78, 5) is 23.4. The first-order valence-corrected chi connectivity index (χ1v) is 7.22. The Balaban J connectivity index is 1.83. The van der Waals surface area contributed by atoms with E-state index in [1.165, 1.54) is 0 Å². The van der Waals surface area contributed by atoms with Gasteiger partial charge in [0.15, 0.2) is 6.61 Å². The summed E-state index contributed by atoms with van der Waals surface area (Å²) in [7, 11) is 0. The van der Waals surface area contributed by atoms with Crippen LogP contribution in [0.15, 0.2) is 48.5 Å². The fraction of sp³-hybridized carbons (Fsp3) is 0.176. The summed E-state index contributed by atoms with van der Waals surface area (Å²) in [5.74, 6) is -0.812. The summed E-state index contributed by atoms with van der Waals surface area (Å²) >= 11 is 0. The van der Waals surface area contributed by atoms with Crippen LogP contribution in [0.4, 0.5) is 13.2 Å². The molecule has 0 heterocycles. The standard InChI is InChI=1S/C17H15F3N2O3/c1-11-4-2-3-5-14(11)25-10-15(23)21-22-16(24)12-6-8-13(9-7-12)17(18,19)20/h2-9H,10H2,1H3,(H,21,23)(H,22,24). The highest BCUT2D eigenvalue weighted by Gasteiger charge is 2.30. The Bertz CT molecular complexity index is 758. The van der Waals surface area contributed by atoms with Gasteiger partial charge in [0.25, 0.3) is 11.8 Å². The molecule has 2 rings (SSSR count). The highest BCUT2D eigenvalue weighted by molar-refractivity contribution is 5.95. The Hall–Kier alpha value is -3.03. The zero-order valence-electron chi connectivity index (χ0n) is 13.2. The molecule has 25 heavy (non-hydrogen) atoms. The van der Waals surface area contributed by atoms with Gasteiger partial charge in [-0.3, -0.25) is 20.4 Å². The maximum absolute atomic E-state index is 12.5. The van der Waals surface area contributed by atoms with E-state index in [0.717, 1.165) is 29.8 Å². The molecule has 0 saturated carbocycles. The molecule has 0 aliphatic carbocycles. The van der Waals surface area contributed by atoms with Crippen molar-refractivity contribution in [3.63, 3.8) is 0 Å². The number of hydrazine groups is 1. The van der Waals surface area contributed by atoms with Gasteiger partial charge in [0.1, 0.15) is 5.75 Å². The summed E-state index contributed by atoms with van der Waals surface area (Å²) in [5.41, 5.74) is 4.21. The van der Waals surface area contributed by atoms with Crippen molar-refractivity contribution in [3.05, 3.63) is 65.2 Å². The highest BCUT2D eigenvalue weighted by Crippen LogP contribution is 2.29. The van der Waals surface area contributed by atoms with Gasteiger partial charge in [0.2, 0.25) is 0 Å². The Morgan fingerprint density at radius 3 is 2.24 bits per heavy atom. The number of halogens is 3. The third-order valence-electron chi connectivity index (χ3n) is 3.24. The van der Waals surface area contributed by atoms with Crippen molar-refractivity contribution >= 4 is 11.8 Å². The van der Waals surface area contributed by atoms with Crippen LogP contribution in [0.3, 0.4) is 0 Å². The maximum Gasteiger partial charge on any atom is 0.416 e. The second-order valence-electron chi connectivity index (χ2n) is 5.13. The molecule has 2 amide bonds. The van der Waals surface area contributed by atoms with Gasteiger partial charge >= 0.3 is 6.18 Å². The molecule has 132 valence electrons. The molecule has 8 heteroatoms. The molecule has 0 bridgehead atoms. The smallest absolute Gasteiger partial charge is 0.416 e. The van der Waals surface area contributed by atoms with E-state index in [4.69, 9.17) is 4.74 Å². The SMILES string of the molecule is Cc1ccccc1OCC(=O)NNC(=O)c1ccc(C(F)(F)F)cc1. The summed E-state index contributed by atoms with van der Waals surface area (Å²) in [6.45, 7) is 1.50. The number of carbonyl (C=O) groups excluding carboxylic acids is 2. The largest absolute Gasteiger partial charge is 0.483 e. The summed E-state index contributed by atoms with van der Waals surface area (Å²) in [6, 6.07) is 10.7. The number of carbonyl (C=O) groups is 2. The normalized spacial score (nSPS) is 10.9. The van der Waals surface area contributed by atoms with Crippen molar-refractivity contribution < 1.29 is 27.5 Å². The number of rotatable bonds is 4. The first kappa shape index (κ1) is 18.3. The third-order valence-corrected chi connectivity index (χ3v) is 3.24. The molecule has 0 unspecified atom stereocenters. The van der Waals surface area contributed by atoms with E-state index in [-0.39, 0.29) is 12.2 Å². The lowest BCUT2D eigenvalue weighted by Gasteiger charge is -2.11. The van der Waals surface area contributed by atoms with Crippen molar-refractivity contribution in [2.75, 3.05) is 6.61 Å². The van der Waals surface area contributed by atoms with Crippen LogP contribution in [0.5, 0.6) is 5.75 Å². The monoisotopic (exact) mass is 352 g/mol. The lowest BCUT2D eigenvalue weighted by molar-refractivity contribution is -0.137. The minimum atomic E-state index is -4.48. The zero-order valence-corrected chi connectivity index (χ0v) is 13.2. The molecule has 5 nitrogen and oxygen atoms in total. The maximum atomic E-state index is 12.5. The molecule has 0 saturated heterocycles.